The maximum absolute atomic E-state index is 9.72. The van der Waals surface area contributed by atoms with E-state index >= 15 is 0 Å². The van der Waals surface area contributed by atoms with Crippen LogP contribution in [0.3, 0.4) is 0 Å². The van der Waals surface area contributed by atoms with Gasteiger partial charge in [-0.2, -0.15) is 0 Å². The summed E-state index contributed by atoms with van der Waals surface area (Å²) in [7, 11) is 0. The summed E-state index contributed by atoms with van der Waals surface area (Å²) < 4.78 is 0. The third-order valence-electron chi connectivity index (χ3n) is 6.30. The molecule has 164 valence electrons. The molecule has 3 heteroatoms. The minimum absolute atomic E-state index is 0.233. The van der Waals surface area contributed by atoms with E-state index in [2.05, 4.69) is 82.3 Å². The van der Waals surface area contributed by atoms with Crippen LogP contribution in [-0.4, -0.2) is 16.5 Å². The van der Waals surface area contributed by atoms with Gasteiger partial charge in [0.2, 0.25) is 0 Å². The summed E-state index contributed by atoms with van der Waals surface area (Å²) in [6, 6.07) is 26.3. The Morgan fingerprint density at radius 3 is 1.67 bits per heavy atom. The van der Waals surface area contributed by atoms with Crippen molar-refractivity contribution in [2.45, 2.75) is 39.5 Å². The number of aromatic hydroxyl groups is 1. The Labute approximate surface area is 195 Å². The third-order valence-corrected chi connectivity index (χ3v) is 6.30. The van der Waals surface area contributed by atoms with Gasteiger partial charge in [-0.25, -0.2) is 9.98 Å². The second-order valence-electron chi connectivity index (χ2n) is 9.24. The van der Waals surface area contributed by atoms with Gasteiger partial charge in [-0.1, -0.05) is 82.3 Å². The highest BCUT2D eigenvalue weighted by Crippen LogP contribution is 2.39. The van der Waals surface area contributed by atoms with Crippen LogP contribution in [-0.2, 0) is 0 Å². The molecular weight excluding hydrogens is 404 g/mol. The van der Waals surface area contributed by atoms with E-state index in [1.54, 1.807) is 12.1 Å². The van der Waals surface area contributed by atoms with Crippen molar-refractivity contribution < 1.29 is 5.11 Å². The van der Waals surface area contributed by atoms with Gasteiger partial charge >= 0.3 is 0 Å². The van der Waals surface area contributed by atoms with Crippen molar-refractivity contribution in [2.75, 3.05) is 0 Å². The van der Waals surface area contributed by atoms with Crippen LogP contribution < -0.4 is 0 Å². The van der Waals surface area contributed by atoms with Crippen molar-refractivity contribution in [1.82, 2.24) is 0 Å². The molecule has 0 saturated carbocycles. The molecule has 5 rings (SSSR count). The minimum Gasteiger partial charge on any atom is -0.508 e. The molecule has 0 amide bonds. The molecule has 0 unspecified atom stereocenters. The molecule has 4 aromatic rings. The van der Waals surface area contributed by atoms with E-state index in [1.165, 1.54) is 21.9 Å². The molecule has 0 bridgehead atoms. The molecule has 3 nitrogen and oxygen atoms in total. The van der Waals surface area contributed by atoms with Gasteiger partial charge in [-0.15, -0.1) is 0 Å². The fourth-order valence-corrected chi connectivity index (χ4v) is 4.63. The fraction of sp³-hybridized carbons (Fsp3) is 0.200. The van der Waals surface area contributed by atoms with Gasteiger partial charge in [0.1, 0.15) is 5.75 Å². The summed E-state index contributed by atoms with van der Waals surface area (Å²) in [5.74, 6) is 0.956. The molecule has 0 saturated heterocycles. The smallest absolute Gasteiger partial charge is 0.115 e. The van der Waals surface area contributed by atoms with Crippen LogP contribution in [0.1, 0.15) is 61.8 Å². The van der Waals surface area contributed by atoms with Crippen LogP contribution in [0, 0.1) is 0 Å². The van der Waals surface area contributed by atoms with E-state index in [-0.39, 0.29) is 5.75 Å². The number of benzene rings is 4. The van der Waals surface area contributed by atoms with Gasteiger partial charge in [0, 0.05) is 16.5 Å². The van der Waals surface area contributed by atoms with Crippen molar-refractivity contribution in [3.8, 4) is 5.75 Å². The summed E-state index contributed by atoms with van der Waals surface area (Å²) in [6.45, 7) is 8.88. The van der Waals surface area contributed by atoms with Gasteiger partial charge in [0.05, 0.1) is 22.8 Å². The summed E-state index contributed by atoms with van der Waals surface area (Å²) in [4.78, 5) is 10.4. The van der Waals surface area contributed by atoms with Crippen molar-refractivity contribution in [1.29, 1.82) is 0 Å². The lowest BCUT2D eigenvalue weighted by Gasteiger charge is -2.17. The molecule has 1 N–H and O–H groups in total. The monoisotopic (exact) mass is 432 g/mol. The first-order chi connectivity index (χ1) is 15.9. The summed E-state index contributed by atoms with van der Waals surface area (Å²) >= 11 is 0. The number of para-hydroxylation sites is 1. The number of aliphatic imine (C=N–C) groups is 2. The molecule has 0 radical (unpaired) electrons. The Kier molecular flexibility index (Phi) is 5.33. The van der Waals surface area contributed by atoms with Crippen LogP contribution in [0.5, 0.6) is 5.75 Å². The van der Waals surface area contributed by atoms with Crippen LogP contribution in [0.25, 0.3) is 10.8 Å². The van der Waals surface area contributed by atoms with Crippen LogP contribution in [0.15, 0.2) is 88.8 Å². The summed E-state index contributed by atoms with van der Waals surface area (Å²) in [6.07, 6.45) is 0. The Morgan fingerprint density at radius 2 is 1.12 bits per heavy atom. The first-order valence-corrected chi connectivity index (χ1v) is 11.6. The molecule has 0 fully saturated rings. The van der Waals surface area contributed by atoms with E-state index in [0.717, 1.165) is 33.9 Å². The second-order valence-corrected chi connectivity index (χ2v) is 9.24. The van der Waals surface area contributed by atoms with Gasteiger partial charge in [0.15, 0.2) is 0 Å². The minimum atomic E-state index is 0.233. The third kappa shape index (κ3) is 3.74. The zero-order valence-electron chi connectivity index (χ0n) is 19.5. The predicted octanol–water partition coefficient (Wildman–Crippen LogP) is 8.05. The number of rotatable bonds is 4. The van der Waals surface area contributed by atoms with Crippen LogP contribution >= 0.6 is 0 Å². The largest absolute Gasteiger partial charge is 0.508 e. The highest BCUT2D eigenvalue weighted by molar-refractivity contribution is 6.61. The van der Waals surface area contributed by atoms with Gasteiger partial charge < -0.3 is 5.11 Å². The number of nitrogens with zero attached hydrogens (tertiary/aromatic N) is 2. The van der Waals surface area contributed by atoms with Crippen molar-refractivity contribution >= 4 is 33.6 Å². The molecule has 4 aromatic carbocycles. The molecular formula is C30H28N2O. The van der Waals surface area contributed by atoms with E-state index in [1.807, 2.05) is 12.1 Å². The Balaban J connectivity index is 1.82. The van der Waals surface area contributed by atoms with Crippen molar-refractivity contribution in [2.24, 2.45) is 9.98 Å². The lowest BCUT2D eigenvalue weighted by Crippen LogP contribution is -2.11. The Hall–Kier alpha value is -3.72. The molecule has 0 heterocycles. The molecule has 33 heavy (non-hydrogen) atoms. The maximum atomic E-state index is 9.72. The number of phenols is 1. The van der Waals surface area contributed by atoms with Crippen LogP contribution in [0.2, 0.25) is 0 Å². The van der Waals surface area contributed by atoms with Gasteiger partial charge in [0.25, 0.3) is 0 Å². The molecule has 0 spiro atoms. The average Bonchev–Trinajstić information content (AvgIpc) is 3.09. The predicted molar refractivity (Wildman–Crippen MR) is 139 cm³/mol. The first-order valence-electron chi connectivity index (χ1n) is 11.6. The van der Waals surface area contributed by atoms with E-state index in [9.17, 15) is 5.11 Å². The lowest BCUT2D eigenvalue weighted by molar-refractivity contribution is 0.475. The molecule has 1 aliphatic rings. The lowest BCUT2D eigenvalue weighted by atomic mass is 9.92. The average molecular weight is 433 g/mol. The van der Waals surface area contributed by atoms with Gasteiger partial charge in [-0.3, -0.25) is 0 Å². The number of phenolic OH excluding ortho intramolecular Hbond substituents is 1. The maximum Gasteiger partial charge on any atom is 0.115 e. The summed E-state index contributed by atoms with van der Waals surface area (Å²) in [5, 5.41) is 12.1. The SMILES string of the molecule is CC(C)c1cccc(C(C)C)c1/N=C1/C(=N/c2ccc(O)cc2)c2cccc3cccc1c23. The van der Waals surface area contributed by atoms with Crippen molar-refractivity contribution in [3.05, 3.63) is 101 Å². The zero-order valence-corrected chi connectivity index (χ0v) is 19.5. The van der Waals surface area contributed by atoms with Crippen LogP contribution in [0.4, 0.5) is 11.4 Å². The normalized spacial score (nSPS) is 15.5. The fourth-order valence-electron chi connectivity index (χ4n) is 4.63. The Morgan fingerprint density at radius 1 is 0.606 bits per heavy atom. The first kappa shape index (κ1) is 21.1. The molecule has 0 atom stereocenters. The van der Waals surface area contributed by atoms with E-state index < -0.39 is 0 Å². The highest BCUT2D eigenvalue weighted by atomic mass is 16.3. The van der Waals surface area contributed by atoms with Crippen molar-refractivity contribution in [3.63, 3.8) is 0 Å². The van der Waals surface area contributed by atoms with E-state index in [4.69, 9.17) is 9.98 Å². The quantitative estimate of drug-likeness (QED) is 0.348. The van der Waals surface area contributed by atoms with Gasteiger partial charge in [-0.05, 0) is 52.6 Å². The summed E-state index contributed by atoms with van der Waals surface area (Å²) in [5.41, 5.74) is 8.35. The number of hydrogen-bond acceptors (Lipinski definition) is 3. The molecule has 1 aliphatic carbocycles. The highest BCUT2D eigenvalue weighted by Gasteiger charge is 2.28. The molecule has 0 aromatic heterocycles. The molecule has 0 aliphatic heterocycles. The zero-order chi connectivity index (χ0) is 23.1. The second kappa shape index (κ2) is 8.32. The number of hydrogen-bond donors (Lipinski definition) is 1. The van der Waals surface area contributed by atoms with E-state index in [0.29, 0.717) is 11.8 Å². The Bertz CT molecular complexity index is 1380. The topological polar surface area (TPSA) is 45.0 Å². The standard InChI is InChI=1S/C30H28N2O/c1-18(2)23-10-7-11-24(19(3)4)28(23)32-30-26-13-6-9-20-8-5-12-25(27(20)26)29(30)31-21-14-16-22(33)17-15-21/h5-19,33H,1-4H3/b31-29+,32-30+.